The van der Waals surface area contributed by atoms with Crippen molar-refractivity contribution in [2.45, 2.75) is 6.54 Å². The van der Waals surface area contributed by atoms with E-state index in [1.807, 2.05) is 35.2 Å². The van der Waals surface area contributed by atoms with E-state index in [4.69, 9.17) is 9.47 Å². The third-order valence-corrected chi connectivity index (χ3v) is 2.81. The molecule has 0 unspecified atom stereocenters. The van der Waals surface area contributed by atoms with Crippen LogP contribution >= 0.6 is 0 Å². The van der Waals surface area contributed by atoms with E-state index >= 15 is 0 Å². The number of aromatic nitrogens is 1. The van der Waals surface area contributed by atoms with Crippen LogP contribution in [0.4, 0.5) is 0 Å². The van der Waals surface area contributed by atoms with Gasteiger partial charge in [0, 0.05) is 17.7 Å². The van der Waals surface area contributed by atoms with Crippen LogP contribution in [0.1, 0.15) is 10.4 Å². The first-order valence-electron chi connectivity index (χ1n) is 5.94. The molecule has 0 saturated heterocycles. The van der Waals surface area contributed by atoms with Gasteiger partial charge in [0.25, 0.3) is 0 Å². The van der Waals surface area contributed by atoms with Crippen LogP contribution in [0.5, 0.6) is 11.5 Å². The van der Waals surface area contributed by atoms with Gasteiger partial charge in [0.05, 0.1) is 14.2 Å². The smallest absolute Gasteiger partial charge is 0.227 e. The fourth-order valence-corrected chi connectivity index (χ4v) is 1.81. The van der Waals surface area contributed by atoms with Crippen LogP contribution in [-0.2, 0) is 6.54 Å². The SMILES string of the molecule is COc1ccc(C(=O)C[n+]2ccccc2)cc1OC. The highest BCUT2D eigenvalue weighted by molar-refractivity contribution is 5.95. The number of rotatable bonds is 5. The summed E-state index contributed by atoms with van der Waals surface area (Å²) in [5, 5.41) is 0. The van der Waals surface area contributed by atoms with Gasteiger partial charge in [0.1, 0.15) is 0 Å². The second-order valence-electron chi connectivity index (χ2n) is 4.04. The zero-order valence-corrected chi connectivity index (χ0v) is 11.0. The molecule has 0 aliphatic rings. The highest BCUT2D eigenvalue weighted by Crippen LogP contribution is 2.27. The highest BCUT2D eigenvalue weighted by atomic mass is 16.5. The summed E-state index contributed by atoms with van der Waals surface area (Å²) in [5.41, 5.74) is 0.606. The van der Waals surface area contributed by atoms with E-state index in [1.54, 1.807) is 32.4 Å². The van der Waals surface area contributed by atoms with Gasteiger partial charge in [-0.2, -0.15) is 4.57 Å². The summed E-state index contributed by atoms with van der Waals surface area (Å²) in [5.74, 6) is 1.20. The Morgan fingerprint density at radius 1 is 1.05 bits per heavy atom. The number of Topliss-reactive ketones (excluding diaryl/α,β-unsaturated/α-hetero) is 1. The predicted molar refractivity (Wildman–Crippen MR) is 70.5 cm³/mol. The lowest BCUT2D eigenvalue weighted by atomic mass is 10.1. The van der Waals surface area contributed by atoms with E-state index in [2.05, 4.69) is 0 Å². The topological polar surface area (TPSA) is 39.4 Å². The van der Waals surface area contributed by atoms with E-state index in [1.165, 1.54) is 0 Å². The Bertz CT molecular complexity index is 567. The molecule has 2 rings (SSSR count). The van der Waals surface area contributed by atoms with Gasteiger partial charge >= 0.3 is 0 Å². The summed E-state index contributed by atoms with van der Waals surface area (Å²) < 4.78 is 12.2. The molecule has 0 aliphatic heterocycles. The van der Waals surface area contributed by atoms with Crippen LogP contribution in [0.15, 0.2) is 48.8 Å². The molecule has 0 spiro atoms. The third-order valence-electron chi connectivity index (χ3n) is 2.81. The van der Waals surface area contributed by atoms with Crippen molar-refractivity contribution < 1.29 is 18.8 Å². The van der Waals surface area contributed by atoms with Crippen LogP contribution in [0.25, 0.3) is 0 Å². The summed E-state index contributed by atoms with van der Waals surface area (Å²) in [4.78, 5) is 12.2. The van der Waals surface area contributed by atoms with Crippen molar-refractivity contribution >= 4 is 5.78 Å². The number of methoxy groups -OCH3 is 2. The minimum Gasteiger partial charge on any atom is -0.493 e. The Morgan fingerprint density at radius 3 is 2.37 bits per heavy atom. The molecule has 0 fully saturated rings. The van der Waals surface area contributed by atoms with Crippen molar-refractivity contribution in [2.24, 2.45) is 0 Å². The molecule has 0 N–H and O–H groups in total. The molecular formula is C15H16NO3+. The fourth-order valence-electron chi connectivity index (χ4n) is 1.81. The average molecular weight is 258 g/mol. The molecule has 4 heteroatoms. The lowest BCUT2D eigenvalue weighted by Crippen LogP contribution is -2.36. The zero-order valence-electron chi connectivity index (χ0n) is 11.0. The molecule has 0 aliphatic carbocycles. The van der Waals surface area contributed by atoms with Crippen molar-refractivity contribution in [2.75, 3.05) is 14.2 Å². The highest BCUT2D eigenvalue weighted by Gasteiger charge is 2.14. The number of nitrogens with zero attached hydrogens (tertiary/aromatic N) is 1. The second kappa shape index (κ2) is 6.00. The Hall–Kier alpha value is -2.36. The van der Waals surface area contributed by atoms with E-state index in [-0.39, 0.29) is 5.78 Å². The van der Waals surface area contributed by atoms with Crippen molar-refractivity contribution in [3.63, 3.8) is 0 Å². The molecule has 4 nitrogen and oxygen atoms in total. The summed E-state index contributed by atoms with van der Waals surface area (Å²) in [6.07, 6.45) is 3.72. The van der Waals surface area contributed by atoms with Crippen LogP contribution in [-0.4, -0.2) is 20.0 Å². The molecule has 19 heavy (non-hydrogen) atoms. The predicted octanol–water partition coefficient (Wildman–Crippen LogP) is 1.87. The molecule has 2 aromatic rings. The molecule has 1 aromatic carbocycles. The molecule has 98 valence electrons. The Kier molecular flexibility index (Phi) is 4.13. The van der Waals surface area contributed by atoms with E-state index < -0.39 is 0 Å². The number of ether oxygens (including phenoxy) is 2. The monoisotopic (exact) mass is 258 g/mol. The lowest BCUT2D eigenvalue weighted by molar-refractivity contribution is -0.683. The number of hydrogen-bond donors (Lipinski definition) is 0. The van der Waals surface area contributed by atoms with Gasteiger partial charge in [0.2, 0.25) is 12.3 Å². The number of hydrogen-bond acceptors (Lipinski definition) is 3. The Balaban J connectivity index is 2.20. The van der Waals surface area contributed by atoms with Crippen LogP contribution < -0.4 is 14.0 Å². The molecular weight excluding hydrogens is 242 g/mol. The molecule has 1 heterocycles. The second-order valence-corrected chi connectivity index (χ2v) is 4.04. The van der Waals surface area contributed by atoms with Crippen LogP contribution in [0.2, 0.25) is 0 Å². The molecule has 0 bridgehead atoms. The molecule has 0 amide bonds. The fraction of sp³-hybridized carbons (Fsp3) is 0.200. The summed E-state index contributed by atoms with van der Waals surface area (Å²) in [7, 11) is 3.12. The van der Waals surface area contributed by atoms with Gasteiger partial charge in [-0.1, -0.05) is 6.07 Å². The van der Waals surface area contributed by atoms with Crippen LogP contribution in [0.3, 0.4) is 0 Å². The summed E-state index contributed by atoms with van der Waals surface area (Å²) >= 11 is 0. The summed E-state index contributed by atoms with van der Waals surface area (Å²) in [6.45, 7) is 0.302. The van der Waals surface area contributed by atoms with Gasteiger partial charge < -0.3 is 9.47 Å². The zero-order chi connectivity index (χ0) is 13.7. The minimum absolute atomic E-state index is 0.0251. The van der Waals surface area contributed by atoms with Crippen molar-refractivity contribution in [1.29, 1.82) is 0 Å². The maximum absolute atomic E-state index is 12.2. The molecule has 0 radical (unpaired) electrons. The standard InChI is InChI=1S/C15H16NO3/c1-18-14-7-6-12(10-15(14)19-2)13(17)11-16-8-4-3-5-9-16/h3-10H,11H2,1-2H3/q+1. The summed E-state index contributed by atoms with van der Waals surface area (Å²) in [6, 6.07) is 10.9. The number of pyridine rings is 1. The quantitative estimate of drug-likeness (QED) is 0.607. The number of carbonyl (C=O) groups is 1. The maximum Gasteiger partial charge on any atom is 0.227 e. The van der Waals surface area contributed by atoms with Gasteiger partial charge in [-0.3, -0.25) is 4.79 Å². The van der Waals surface area contributed by atoms with Crippen molar-refractivity contribution in [1.82, 2.24) is 0 Å². The van der Waals surface area contributed by atoms with Gasteiger partial charge in [-0.25, -0.2) is 0 Å². The number of carbonyl (C=O) groups excluding carboxylic acids is 1. The molecule has 0 atom stereocenters. The Labute approximate surface area is 112 Å². The number of benzene rings is 1. The van der Waals surface area contributed by atoms with E-state index in [0.29, 0.717) is 23.6 Å². The third kappa shape index (κ3) is 3.10. The minimum atomic E-state index is 0.0251. The van der Waals surface area contributed by atoms with Crippen molar-refractivity contribution in [3.8, 4) is 11.5 Å². The van der Waals surface area contributed by atoms with Crippen molar-refractivity contribution in [3.05, 3.63) is 54.4 Å². The lowest BCUT2D eigenvalue weighted by Gasteiger charge is -2.08. The van der Waals surface area contributed by atoms with Gasteiger partial charge in [-0.05, 0) is 18.2 Å². The normalized spacial score (nSPS) is 10.0. The average Bonchev–Trinajstić information content (AvgIpc) is 2.47. The number of ketones is 1. The first-order chi connectivity index (χ1) is 9.24. The first kappa shape index (κ1) is 13.1. The first-order valence-corrected chi connectivity index (χ1v) is 5.94. The van der Waals surface area contributed by atoms with Crippen LogP contribution in [0, 0.1) is 0 Å². The maximum atomic E-state index is 12.2. The van der Waals surface area contributed by atoms with E-state index in [0.717, 1.165) is 0 Å². The van der Waals surface area contributed by atoms with Gasteiger partial charge in [0.15, 0.2) is 23.9 Å². The molecule has 1 aromatic heterocycles. The largest absolute Gasteiger partial charge is 0.493 e. The Morgan fingerprint density at radius 2 is 1.74 bits per heavy atom. The molecule has 0 saturated carbocycles. The van der Waals surface area contributed by atoms with E-state index in [9.17, 15) is 4.79 Å². The van der Waals surface area contributed by atoms with Gasteiger partial charge in [-0.15, -0.1) is 0 Å².